The van der Waals surface area contributed by atoms with Crippen molar-refractivity contribution in [3.05, 3.63) is 72.4 Å². The van der Waals surface area contributed by atoms with Gasteiger partial charge >= 0.3 is 12.0 Å². The van der Waals surface area contributed by atoms with Gasteiger partial charge in [0.2, 0.25) is 17.8 Å². The average molecular weight is 609 g/mol. The van der Waals surface area contributed by atoms with Crippen molar-refractivity contribution >= 4 is 17.9 Å². The molecule has 3 aromatic heterocycles. The van der Waals surface area contributed by atoms with Crippen molar-refractivity contribution < 1.29 is 19.0 Å². The van der Waals surface area contributed by atoms with Gasteiger partial charge in [-0.1, -0.05) is 30.3 Å². The molecule has 0 bridgehead atoms. The zero-order valence-electron chi connectivity index (χ0n) is 24.7. The second-order valence-corrected chi connectivity index (χ2v) is 10.7. The number of ether oxygens (including phenoxy) is 3. The SMILES string of the molecule is COc1ncc(-c2cnc(N(C(=O)NCc3ccccc3)C3CCC(Nc4ncc(C#N)c(OC5COC5)n4)CC3)nc2)cn1. The first-order chi connectivity index (χ1) is 22.1. The molecule has 1 aliphatic carbocycles. The number of benzene rings is 1. The van der Waals surface area contributed by atoms with Crippen LogP contribution in [0.25, 0.3) is 11.1 Å². The predicted molar refractivity (Wildman–Crippen MR) is 162 cm³/mol. The highest BCUT2D eigenvalue weighted by Gasteiger charge is 2.32. The van der Waals surface area contributed by atoms with E-state index >= 15 is 0 Å². The summed E-state index contributed by atoms with van der Waals surface area (Å²) < 4.78 is 16.0. The van der Waals surface area contributed by atoms with E-state index in [1.807, 2.05) is 30.3 Å². The molecule has 2 N–H and O–H groups in total. The fourth-order valence-corrected chi connectivity index (χ4v) is 5.15. The summed E-state index contributed by atoms with van der Waals surface area (Å²) in [7, 11) is 1.51. The first-order valence-corrected chi connectivity index (χ1v) is 14.7. The normalized spacial score (nSPS) is 17.8. The summed E-state index contributed by atoms with van der Waals surface area (Å²) >= 11 is 0. The van der Waals surface area contributed by atoms with Gasteiger partial charge in [0.05, 0.1) is 26.5 Å². The molecule has 0 radical (unpaired) electrons. The van der Waals surface area contributed by atoms with Gasteiger partial charge in [-0.15, -0.1) is 0 Å². The largest absolute Gasteiger partial charge is 0.468 e. The topological polar surface area (TPSA) is 173 Å². The number of nitrogens with one attached hydrogen (secondary N) is 2. The first-order valence-electron chi connectivity index (χ1n) is 14.7. The second kappa shape index (κ2) is 13.9. The van der Waals surface area contributed by atoms with E-state index in [0.29, 0.717) is 44.5 Å². The van der Waals surface area contributed by atoms with E-state index in [0.717, 1.165) is 29.5 Å². The van der Waals surface area contributed by atoms with Crippen molar-refractivity contribution in [3.63, 3.8) is 0 Å². The highest BCUT2D eigenvalue weighted by atomic mass is 16.6. The van der Waals surface area contributed by atoms with E-state index in [4.69, 9.17) is 14.2 Å². The van der Waals surface area contributed by atoms with Gasteiger partial charge in [0.1, 0.15) is 17.7 Å². The van der Waals surface area contributed by atoms with Crippen LogP contribution in [0.4, 0.5) is 16.7 Å². The Kier molecular flexibility index (Phi) is 9.16. The van der Waals surface area contributed by atoms with Crippen LogP contribution < -0.4 is 25.0 Å². The van der Waals surface area contributed by atoms with Gasteiger partial charge in [-0.25, -0.2) is 29.7 Å². The maximum Gasteiger partial charge on any atom is 0.324 e. The quantitative estimate of drug-likeness (QED) is 0.269. The van der Waals surface area contributed by atoms with Gasteiger partial charge in [0.15, 0.2) is 0 Å². The zero-order chi connectivity index (χ0) is 31.0. The van der Waals surface area contributed by atoms with Crippen molar-refractivity contribution in [1.29, 1.82) is 5.26 Å². The summed E-state index contributed by atoms with van der Waals surface area (Å²) in [5, 5.41) is 15.8. The molecule has 6 rings (SSSR count). The molecule has 1 saturated carbocycles. The van der Waals surface area contributed by atoms with Gasteiger partial charge < -0.3 is 24.8 Å². The van der Waals surface area contributed by atoms with Crippen molar-refractivity contribution in [2.24, 2.45) is 0 Å². The third kappa shape index (κ3) is 7.22. The Morgan fingerprint density at radius 1 is 0.978 bits per heavy atom. The Labute approximate surface area is 259 Å². The monoisotopic (exact) mass is 608 g/mol. The number of hydrogen-bond acceptors (Lipinski definition) is 12. The summed E-state index contributed by atoms with van der Waals surface area (Å²) in [4.78, 5) is 41.5. The fraction of sp³-hybridized carbons (Fsp3) is 0.355. The van der Waals surface area contributed by atoms with Crippen LogP contribution in [0.5, 0.6) is 11.9 Å². The maximum absolute atomic E-state index is 13.6. The van der Waals surface area contributed by atoms with E-state index < -0.39 is 0 Å². The predicted octanol–water partition coefficient (Wildman–Crippen LogP) is 3.52. The van der Waals surface area contributed by atoms with Crippen LogP contribution in [0, 0.1) is 11.3 Å². The van der Waals surface area contributed by atoms with Gasteiger partial charge in [0, 0.05) is 54.5 Å². The van der Waals surface area contributed by atoms with Crippen molar-refractivity contribution in [2.75, 3.05) is 30.5 Å². The lowest BCUT2D eigenvalue weighted by Gasteiger charge is -2.36. The molecule has 2 amide bonds. The molecule has 230 valence electrons. The molecule has 1 saturated heterocycles. The van der Waals surface area contributed by atoms with E-state index in [-0.39, 0.29) is 41.7 Å². The number of hydrogen-bond donors (Lipinski definition) is 2. The van der Waals surface area contributed by atoms with Crippen molar-refractivity contribution in [2.45, 2.75) is 50.4 Å². The molecule has 14 nitrogen and oxygen atoms in total. The number of nitrogens with zero attached hydrogens (tertiary/aromatic N) is 8. The van der Waals surface area contributed by atoms with E-state index in [1.54, 1.807) is 29.7 Å². The molecule has 0 spiro atoms. The summed E-state index contributed by atoms with van der Waals surface area (Å²) in [6, 6.07) is 11.8. The van der Waals surface area contributed by atoms with Crippen LogP contribution in [0.1, 0.15) is 36.8 Å². The summed E-state index contributed by atoms with van der Waals surface area (Å²) in [6.07, 6.45) is 10.9. The molecule has 4 heterocycles. The second-order valence-electron chi connectivity index (χ2n) is 10.7. The number of nitriles is 1. The molecular formula is C31H32N10O4. The Bertz CT molecular complexity index is 1620. The van der Waals surface area contributed by atoms with Crippen LogP contribution in [0.2, 0.25) is 0 Å². The van der Waals surface area contributed by atoms with Crippen LogP contribution in [0.3, 0.4) is 0 Å². The minimum absolute atomic E-state index is 0.0710. The fourth-order valence-electron chi connectivity index (χ4n) is 5.15. The van der Waals surface area contributed by atoms with E-state index in [2.05, 4.69) is 46.6 Å². The molecule has 0 unspecified atom stereocenters. The van der Waals surface area contributed by atoms with Gasteiger partial charge in [0.25, 0.3) is 0 Å². The lowest BCUT2D eigenvalue weighted by Crippen LogP contribution is -2.49. The zero-order valence-corrected chi connectivity index (χ0v) is 24.7. The van der Waals surface area contributed by atoms with Crippen molar-refractivity contribution in [3.8, 4) is 29.1 Å². The molecule has 1 aliphatic heterocycles. The molecule has 4 aromatic rings. The van der Waals surface area contributed by atoms with Crippen LogP contribution in [-0.4, -0.2) is 74.4 Å². The van der Waals surface area contributed by atoms with Crippen LogP contribution in [0.15, 0.2) is 61.3 Å². The number of rotatable bonds is 10. The summed E-state index contributed by atoms with van der Waals surface area (Å²) in [5.74, 6) is 0.957. The number of anilines is 2. The minimum Gasteiger partial charge on any atom is -0.468 e. The van der Waals surface area contributed by atoms with Crippen LogP contribution in [-0.2, 0) is 11.3 Å². The maximum atomic E-state index is 13.6. The van der Waals surface area contributed by atoms with Crippen LogP contribution >= 0.6 is 0 Å². The highest BCUT2D eigenvalue weighted by molar-refractivity contribution is 5.90. The number of amides is 2. The average Bonchev–Trinajstić information content (AvgIpc) is 3.07. The van der Waals surface area contributed by atoms with E-state index in [9.17, 15) is 10.1 Å². The molecule has 0 atom stereocenters. The third-order valence-corrected chi connectivity index (χ3v) is 7.66. The molecule has 45 heavy (non-hydrogen) atoms. The van der Waals surface area contributed by atoms with Crippen molar-refractivity contribution in [1.82, 2.24) is 35.2 Å². The van der Waals surface area contributed by atoms with Gasteiger partial charge in [-0.3, -0.25) is 4.90 Å². The number of urea groups is 1. The minimum atomic E-state index is -0.270. The molecule has 14 heteroatoms. The molecule has 2 aliphatic rings. The van der Waals surface area contributed by atoms with Gasteiger partial charge in [-0.05, 0) is 31.2 Å². The lowest BCUT2D eigenvalue weighted by molar-refractivity contribution is -0.0814. The molecular weight excluding hydrogens is 576 g/mol. The van der Waals surface area contributed by atoms with E-state index in [1.165, 1.54) is 13.3 Å². The third-order valence-electron chi connectivity index (χ3n) is 7.66. The molecule has 2 fully saturated rings. The lowest BCUT2D eigenvalue weighted by atomic mass is 9.90. The summed E-state index contributed by atoms with van der Waals surface area (Å²) in [5.41, 5.74) is 2.71. The highest BCUT2D eigenvalue weighted by Crippen LogP contribution is 2.29. The number of methoxy groups -OCH3 is 1. The smallest absolute Gasteiger partial charge is 0.324 e. The first kappa shape index (κ1) is 29.6. The number of aromatic nitrogens is 6. The molecule has 1 aromatic carbocycles. The Balaban J connectivity index is 1.15. The Morgan fingerprint density at radius 3 is 2.29 bits per heavy atom. The Morgan fingerprint density at radius 2 is 1.67 bits per heavy atom. The Hall–Kier alpha value is -5.42. The number of carbonyl (C=O) groups excluding carboxylic acids is 1. The summed E-state index contributed by atoms with van der Waals surface area (Å²) in [6.45, 7) is 1.32. The number of carbonyl (C=O) groups is 1. The van der Waals surface area contributed by atoms with Gasteiger partial charge in [-0.2, -0.15) is 10.2 Å². The standard InChI is InChI=1S/C31H32N10O4/c1-43-30-36-16-23(17-37-30)22-14-34-29(35-15-22)41(31(42)38-12-20-5-3-2-4-6-20)25-9-7-24(8-10-25)39-28-33-13-21(11-32)27(40-28)45-26-18-44-19-26/h2-6,13-17,24-26H,7-10,12,18-19H2,1H3,(H,38,42)(H,33,39,40).